The summed E-state index contributed by atoms with van der Waals surface area (Å²) in [5.41, 5.74) is 2.07. The summed E-state index contributed by atoms with van der Waals surface area (Å²) in [5.74, 6) is 0.0699. The molecule has 1 atom stereocenters. The summed E-state index contributed by atoms with van der Waals surface area (Å²) in [5, 5.41) is 6.04. The van der Waals surface area contributed by atoms with Crippen molar-refractivity contribution in [3.05, 3.63) is 29.8 Å². The van der Waals surface area contributed by atoms with Gasteiger partial charge >= 0.3 is 0 Å². The number of rotatable bonds is 6. The molecule has 110 valence electrons. The van der Waals surface area contributed by atoms with E-state index in [1.54, 1.807) is 0 Å². The van der Waals surface area contributed by atoms with E-state index in [1.165, 1.54) is 12.0 Å². The first-order valence-corrected chi connectivity index (χ1v) is 7.43. The Bertz CT molecular complexity index is 411. The van der Waals surface area contributed by atoms with Crippen molar-refractivity contribution in [3.8, 4) is 0 Å². The predicted octanol–water partition coefficient (Wildman–Crippen LogP) is 2.69. The second kappa shape index (κ2) is 8.02. The van der Waals surface area contributed by atoms with E-state index in [2.05, 4.69) is 10.6 Å². The largest absolute Gasteiger partial charge is 0.378 e. The number of ether oxygens (including phenoxy) is 1. The zero-order valence-corrected chi connectivity index (χ0v) is 12.2. The van der Waals surface area contributed by atoms with Gasteiger partial charge in [-0.1, -0.05) is 12.1 Å². The SMILES string of the molecule is CNCc1ccc(NC(=O)CCC2CCCCO2)cc1. The van der Waals surface area contributed by atoms with Crippen molar-refractivity contribution in [2.24, 2.45) is 0 Å². The van der Waals surface area contributed by atoms with Gasteiger partial charge < -0.3 is 15.4 Å². The highest BCUT2D eigenvalue weighted by molar-refractivity contribution is 5.90. The Morgan fingerprint density at radius 2 is 2.10 bits per heavy atom. The molecule has 0 spiro atoms. The standard InChI is InChI=1S/C16H24N2O2/c1-17-12-13-5-7-14(8-6-13)18-16(19)10-9-15-4-2-3-11-20-15/h5-8,15,17H,2-4,9-12H2,1H3,(H,18,19). The lowest BCUT2D eigenvalue weighted by Gasteiger charge is -2.22. The topological polar surface area (TPSA) is 50.4 Å². The molecule has 0 bridgehead atoms. The van der Waals surface area contributed by atoms with Gasteiger partial charge in [0.2, 0.25) is 5.91 Å². The fourth-order valence-corrected chi connectivity index (χ4v) is 2.46. The van der Waals surface area contributed by atoms with E-state index in [0.717, 1.165) is 38.1 Å². The van der Waals surface area contributed by atoms with Crippen LogP contribution in [0.15, 0.2) is 24.3 Å². The fourth-order valence-electron chi connectivity index (χ4n) is 2.46. The summed E-state index contributed by atoms with van der Waals surface area (Å²) in [6.45, 7) is 1.69. The summed E-state index contributed by atoms with van der Waals surface area (Å²) < 4.78 is 5.63. The van der Waals surface area contributed by atoms with Crippen LogP contribution in [0.3, 0.4) is 0 Å². The zero-order valence-electron chi connectivity index (χ0n) is 12.2. The average molecular weight is 276 g/mol. The predicted molar refractivity (Wildman–Crippen MR) is 80.7 cm³/mol. The Hall–Kier alpha value is -1.39. The lowest BCUT2D eigenvalue weighted by molar-refractivity contribution is -0.117. The molecule has 0 radical (unpaired) electrons. The van der Waals surface area contributed by atoms with Gasteiger partial charge in [0, 0.05) is 25.3 Å². The van der Waals surface area contributed by atoms with Gasteiger partial charge in [0.1, 0.15) is 0 Å². The molecule has 1 unspecified atom stereocenters. The van der Waals surface area contributed by atoms with E-state index in [0.29, 0.717) is 6.42 Å². The van der Waals surface area contributed by atoms with Crippen LogP contribution >= 0.6 is 0 Å². The number of hydrogen-bond acceptors (Lipinski definition) is 3. The Balaban J connectivity index is 1.73. The molecule has 2 N–H and O–H groups in total. The van der Waals surface area contributed by atoms with Gasteiger partial charge in [0.05, 0.1) is 6.10 Å². The Morgan fingerprint density at radius 3 is 2.75 bits per heavy atom. The first-order valence-electron chi connectivity index (χ1n) is 7.43. The molecule has 0 aromatic heterocycles. The molecule has 0 saturated carbocycles. The maximum Gasteiger partial charge on any atom is 0.224 e. The van der Waals surface area contributed by atoms with Crippen molar-refractivity contribution in [1.29, 1.82) is 0 Å². The molecule has 1 heterocycles. The minimum Gasteiger partial charge on any atom is -0.378 e. The third-order valence-electron chi connectivity index (χ3n) is 3.59. The molecule has 4 heteroatoms. The molecule has 0 aliphatic carbocycles. The number of anilines is 1. The van der Waals surface area contributed by atoms with E-state index >= 15 is 0 Å². The van der Waals surface area contributed by atoms with Crippen LogP contribution in [-0.2, 0) is 16.1 Å². The number of carbonyl (C=O) groups is 1. The number of carbonyl (C=O) groups excluding carboxylic acids is 1. The molecule has 2 rings (SSSR count). The van der Waals surface area contributed by atoms with Crippen LogP contribution in [0.2, 0.25) is 0 Å². The van der Waals surface area contributed by atoms with Crippen molar-refractivity contribution < 1.29 is 9.53 Å². The second-order valence-electron chi connectivity index (χ2n) is 5.30. The lowest BCUT2D eigenvalue weighted by Crippen LogP contribution is -2.21. The van der Waals surface area contributed by atoms with Crippen LogP contribution < -0.4 is 10.6 Å². The number of hydrogen-bond donors (Lipinski definition) is 2. The Labute approximate surface area is 120 Å². The van der Waals surface area contributed by atoms with Gasteiger partial charge in [-0.2, -0.15) is 0 Å². The molecule has 1 amide bonds. The highest BCUT2D eigenvalue weighted by Gasteiger charge is 2.15. The highest BCUT2D eigenvalue weighted by Crippen LogP contribution is 2.17. The molecule has 1 aromatic carbocycles. The van der Waals surface area contributed by atoms with E-state index in [1.807, 2.05) is 31.3 Å². The zero-order chi connectivity index (χ0) is 14.2. The highest BCUT2D eigenvalue weighted by atomic mass is 16.5. The van der Waals surface area contributed by atoms with Crippen molar-refractivity contribution in [2.75, 3.05) is 19.0 Å². The molecule has 1 aliphatic rings. The summed E-state index contributed by atoms with van der Waals surface area (Å²) >= 11 is 0. The fraction of sp³-hybridized carbons (Fsp3) is 0.562. The van der Waals surface area contributed by atoms with Crippen LogP contribution in [0.1, 0.15) is 37.7 Å². The maximum atomic E-state index is 11.9. The van der Waals surface area contributed by atoms with E-state index in [4.69, 9.17) is 4.74 Å². The molecule has 20 heavy (non-hydrogen) atoms. The third-order valence-corrected chi connectivity index (χ3v) is 3.59. The smallest absolute Gasteiger partial charge is 0.224 e. The van der Waals surface area contributed by atoms with Gasteiger partial charge in [0.15, 0.2) is 0 Å². The molecule has 1 aromatic rings. The Kier molecular flexibility index (Phi) is 6.02. The molecule has 1 saturated heterocycles. The van der Waals surface area contributed by atoms with Gasteiger partial charge in [-0.25, -0.2) is 0 Å². The maximum absolute atomic E-state index is 11.9. The summed E-state index contributed by atoms with van der Waals surface area (Å²) in [7, 11) is 1.92. The van der Waals surface area contributed by atoms with Gasteiger partial charge in [-0.05, 0) is 50.4 Å². The minimum atomic E-state index is 0.0699. The van der Waals surface area contributed by atoms with Crippen LogP contribution in [0, 0.1) is 0 Å². The molecule has 1 aliphatic heterocycles. The summed E-state index contributed by atoms with van der Waals surface area (Å²) in [6, 6.07) is 7.94. The van der Waals surface area contributed by atoms with Crippen LogP contribution in [0.25, 0.3) is 0 Å². The van der Waals surface area contributed by atoms with Gasteiger partial charge in [-0.15, -0.1) is 0 Å². The van der Waals surface area contributed by atoms with Crippen molar-refractivity contribution in [3.63, 3.8) is 0 Å². The average Bonchev–Trinajstić information content (AvgIpc) is 2.49. The first-order chi connectivity index (χ1) is 9.78. The monoisotopic (exact) mass is 276 g/mol. The molecular formula is C16H24N2O2. The molecular weight excluding hydrogens is 252 g/mol. The second-order valence-corrected chi connectivity index (χ2v) is 5.30. The van der Waals surface area contributed by atoms with Crippen LogP contribution in [0.5, 0.6) is 0 Å². The van der Waals surface area contributed by atoms with Crippen molar-refractivity contribution in [2.45, 2.75) is 44.8 Å². The quantitative estimate of drug-likeness (QED) is 0.840. The van der Waals surface area contributed by atoms with E-state index in [-0.39, 0.29) is 12.0 Å². The summed E-state index contributed by atoms with van der Waals surface area (Å²) in [4.78, 5) is 11.9. The normalized spacial score (nSPS) is 18.8. The van der Waals surface area contributed by atoms with Crippen molar-refractivity contribution >= 4 is 11.6 Å². The van der Waals surface area contributed by atoms with E-state index in [9.17, 15) is 4.79 Å². The summed E-state index contributed by atoms with van der Waals surface area (Å²) in [6.07, 6.45) is 5.09. The van der Waals surface area contributed by atoms with Crippen LogP contribution in [0.4, 0.5) is 5.69 Å². The lowest BCUT2D eigenvalue weighted by atomic mass is 10.0. The van der Waals surface area contributed by atoms with Gasteiger partial charge in [0.25, 0.3) is 0 Å². The molecule has 1 fully saturated rings. The van der Waals surface area contributed by atoms with Crippen LogP contribution in [-0.4, -0.2) is 25.7 Å². The third kappa shape index (κ3) is 4.94. The number of benzene rings is 1. The van der Waals surface area contributed by atoms with Crippen molar-refractivity contribution in [1.82, 2.24) is 5.32 Å². The van der Waals surface area contributed by atoms with Gasteiger partial charge in [-0.3, -0.25) is 4.79 Å². The number of nitrogens with one attached hydrogen (secondary N) is 2. The van der Waals surface area contributed by atoms with E-state index < -0.39 is 0 Å². The first kappa shape index (κ1) is 15.0. The number of amides is 1. The molecule has 4 nitrogen and oxygen atoms in total. The minimum absolute atomic E-state index is 0.0699. The Morgan fingerprint density at radius 1 is 1.30 bits per heavy atom.